The third-order valence-electron chi connectivity index (χ3n) is 6.24. The first kappa shape index (κ1) is 24.3. The van der Waals surface area contributed by atoms with Gasteiger partial charge in [-0.25, -0.2) is 9.97 Å². The summed E-state index contributed by atoms with van der Waals surface area (Å²) in [6, 6.07) is 21.8. The highest BCUT2D eigenvalue weighted by Gasteiger charge is 2.12. The molecule has 1 atom stereocenters. The van der Waals surface area contributed by atoms with Gasteiger partial charge in [-0.2, -0.15) is 0 Å². The largest absolute Gasteiger partial charge is 0.755 e. The molecule has 0 saturated carbocycles. The van der Waals surface area contributed by atoms with Gasteiger partial charge < -0.3 is 18.9 Å². The van der Waals surface area contributed by atoms with E-state index in [9.17, 15) is 8.76 Å². The fourth-order valence-corrected chi connectivity index (χ4v) is 4.93. The van der Waals surface area contributed by atoms with E-state index in [1.807, 2.05) is 60.8 Å². The number of hydrogen-bond acceptors (Lipinski definition) is 7. The van der Waals surface area contributed by atoms with Crippen molar-refractivity contribution in [2.45, 2.75) is 13.5 Å². The van der Waals surface area contributed by atoms with Crippen LogP contribution >= 0.6 is 0 Å². The van der Waals surface area contributed by atoms with Crippen molar-refractivity contribution in [3.8, 4) is 11.1 Å². The van der Waals surface area contributed by atoms with Gasteiger partial charge in [0.2, 0.25) is 5.95 Å². The molecule has 3 aromatic carbocycles. The number of ether oxygens (including phenoxy) is 1. The Bertz CT molecular complexity index is 1360. The lowest BCUT2D eigenvalue weighted by Crippen LogP contribution is -2.35. The molecule has 1 aliphatic rings. The summed E-state index contributed by atoms with van der Waals surface area (Å²) in [6.07, 6.45) is 1.82. The summed E-state index contributed by atoms with van der Waals surface area (Å²) < 4.78 is 29.7. The monoisotopic (exact) mass is 502 g/mol. The number of hydrogen-bond donors (Lipinski definition) is 1. The third kappa shape index (κ3) is 5.55. The van der Waals surface area contributed by atoms with Crippen molar-refractivity contribution >= 4 is 39.5 Å². The predicted molar refractivity (Wildman–Crippen MR) is 143 cm³/mol. The van der Waals surface area contributed by atoms with Crippen molar-refractivity contribution in [3.05, 3.63) is 78.5 Å². The fraction of sp³-hybridized carbons (Fsp3) is 0.259. The summed E-state index contributed by atoms with van der Waals surface area (Å²) in [6.45, 7) is 6.51. The van der Waals surface area contributed by atoms with Crippen LogP contribution in [-0.4, -0.2) is 56.5 Å². The maximum absolute atomic E-state index is 11.5. The molecule has 5 rings (SSSR count). The molecular weight excluding hydrogens is 474 g/mol. The normalized spacial score (nSPS) is 15.1. The van der Waals surface area contributed by atoms with E-state index >= 15 is 0 Å². The molecule has 36 heavy (non-hydrogen) atoms. The number of rotatable bonds is 8. The van der Waals surface area contributed by atoms with Crippen LogP contribution in [0, 0.1) is 0 Å². The van der Waals surface area contributed by atoms with Gasteiger partial charge in [0.05, 0.1) is 18.7 Å². The number of anilines is 3. The zero-order valence-corrected chi connectivity index (χ0v) is 20.9. The minimum absolute atomic E-state index is 0.375. The van der Waals surface area contributed by atoms with E-state index in [-0.39, 0.29) is 0 Å². The number of benzene rings is 3. The molecule has 186 valence electrons. The lowest BCUT2D eigenvalue weighted by molar-refractivity contribution is 0.0342. The summed E-state index contributed by atoms with van der Waals surface area (Å²) >= 11 is -2.31. The van der Waals surface area contributed by atoms with Gasteiger partial charge in [-0.15, -0.1) is 0 Å². The maximum atomic E-state index is 11.5. The molecule has 2 heterocycles. The Hall–Kier alpha value is -3.37. The van der Waals surface area contributed by atoms with Crippen LogP contribution < -0.4 is 9.62 Å². The van der Waals surface area contributed by atoms with Gasteiger partial charge in [0, 0.05) is 66.0 Å². The molecule has 0 bridgehead atoms. The Balaban J connectivity index is 1.39. The quantitative estimate of drug-likeness (QED) is 0.355. The zero-order chi connectivity index (χ0) is 24.9. The zero-order valence-electron chi connectivity index (χ0n) is 20.1. The van der Waals surface area contributed by atoms with E-state index in [2.05, 4.69) is 27.3 Å². The number of nitrogens with zero attached hydrogens (tertiary/aromatic N) is 4. The number of nitrogens with one attached hydrogen (secondary N) is 1. The Morgan fingerprint density at radius 1 is 1.08 bits per heavy atom. The van der Waals surface area contributed by atoms with Gasteiger partial charge in [0.25, 0.3) is 0 Å². The first-order valence-electron chi connectivity index (χ1n) is 12.0. The van der Waals surface area contributed by atoms with E-state index in [0.717, 1.165) is 60.6 Å². The first-order chi connectivity index (χ1) is 17.6. The first-order valence-corrected chi connectivity index (χ1v) is 13.0. The molecule has 4 aromatic rings. The number of fused-ring (bicyclic) bond motifs is 1. The Kier molecular flexibility index (Phi) is 7.52. The molecule has 0 aliphatic carbocycles. The highest BCUT2D eigenvalue weighted by molar-refractivity contribution is 7.80. The van der Waals surface area contributed by atoms with Crippen LogP contribution in [0.25, 0.3) is 22.0 Å². The third-order valence-corrected chi connectivity index (χ3v) is 7.07. The van der Waals surface area contributed by atoms with E-state index in [0.29, 0.717) is 18.2 Å². The van der Waals surface area contributed by atoms with Crippen molar-refractivity contribution in [3.63, 3.8) is 0 Å². The minimum Gasteiger partial charge on any atom is -0.755 e. The molecule has 0 radical (unpaired) electrons. The maximum Gasteiger partial charge on any atom is 0.227 e. The lowest BCUT2D eigenvalue weighted by atomic mass is 10.0. The van der Waals surface area contributed by atoms with Crippen molar-refractivity contribution in [2.75, 3.05) is 42.5 Å². The SMILES string of the molecule is CCN(c1ccc(-c2cccc3cnc(Nc4cccc(CN5CCOCC5)c4)nc23)cc1)S(=O)[O-]. The summed E-state index contributed by atoms with van der Waals surface area (Å²) in [5, 5.41) is 4.29. The molecule has 1 unspecified atom stereocenters. The van der Waals surface area contributed by atoms with Gasteiger partial charge in [-0.1, -0.05) is 42.5 Å². The second-order valence-electron chi connectivity index (χ2n) is 8.61. The Labute approximate surface area is 213 Å². The van der Waals surface area contributed by atoms with Gasteiger partial charge in [-0.3, -0.25) is 9.11 Å². The second-order valence-corrected chi connectivity index (χ2v) is 9.48. The Morgan fingerprint density at radius 2 is 1.86 bits per heavy atom. The van der Waals surface area contributed by atoms with Crippen LogP contribution in [0.1, 0.15) is 12.5 Å². The van der Waals surface area contributed by atoms with Crippen LogP contribution in [0.3, 0.4) is 0 Å². The van der Waals surface area contributed by atoms with Crippen molar-refractivity contribution < 1.29 is 13.5 Å². The molecule has 1 aliphatic heterocycles. The van der Waals surface area contributed by atoms with Crippen molar-refractivity contribution in [2.24, 2.45) is 0 Å². The smallest absolute Gasteiger partial charge is 0.227 e. The summed E-state index contributed by atoms with van der Waals surface area (Å²) in [4.78, 5) is 11.8. The number of morpholine rings is 1. The van der Waals surface area contributed by atoms with Gasteiger partial charge in [0.15, 0.2) is 0 Å². The number of aromatic nitrogens is 2. The Morgan fingerprint density at radius 3 is 2.61 bits per heavy atom. The van der Waals surface area contributed by atoms with E-state index in [1.165, 1.54) is 9.87 Å². The van der Waals surface area contributed by atoms with Gasteiger partial charge in [0.1, 0.15) is 0 Å². The molecule has 8 nitrogen and oxygen atoms in total. The molecule has 0 amide bonds. The summed E-state index contributed by atoms with van der Waals surface area (Å²) in [7, 11) is 0. The topological polar surface area (TPSA) is 93.7 Å². The lowest BCUT2D eigenvalue weighted by Gasteiger charge is -2.26. The van der Waals surface area contributed by atoms with Crippen LogP contribution in [-0.2, 0) is 22.5 Å². The van der Waals surface area contributed by atoms with Crippen LogP contribution in [0.4, 0.5) is 17.3 Å². The highest BCUT2D eigenvalue weighted by Crippen LogP contribution is 2.30. The van der Waals surface area contributed by atoms with Crippen LogP contribution in [0.2, 0.25) is 0 Å². The molecular formula is C27H28N5O3S-. The van der Waals surface area contributed by atoms with E-state index < -0.39 is 11.3 Å². The van der Waals surface area contributed by atoms with Gasteiger partial charge in [-0.05, 0) is 42.3 Å². The molecule has 9 heteroatoms. The summed E-state index contributed by atoms with van der Waals surface area (Å²) in [5.41, 5.74) is 5.53. The molecule has 0 spiro atoms. The average molecular weight is 503 g/mol. The standard InChI is InChI=1S/C27H29N5O3S/c1-2-32(36(33)34)24-11-9-21(10-12-24)25-8-4-6-22-18-28-27(30-26(22)25)29-23-7-3-5-20(17-23)19-31-13-15-35-16-14-31/h3-12,17-18H,2,13-16,19H2,1H3,(H,33,34)(H,28,29,30)/p-1. The predicted octanol–water partition coefficient (Wildman–Crippen LogP) is 4.49. The number of para-hydroxylation sites is 1. The van der Waals surface area contributed by atoms with E-state index in [1.54, 1.807) is 6.92 Å². The fourth-order valence-electron chi connectivity index (χ4n) is 4.42. The average Bonchev–Trinajstić information content (AvgIpc) is 2.90. The molecule has 1 aromatic heterocycles. The van der Waals surface area contributed by atoms with Crippen molar-refractivity contribution in [1.29, 1.82) is 0 Å². The highest BCUT2D eigenvalue weighted by atomic mass is 32.2. The van der Waals surface area contributed by atoms with Crippen LogP contribution in [0.15, 0.2) is 72.9 Å². The van der Waals surface area contributed by atoms with E-state index in [4.69, 9.17) is 9.72 Å². The van der Waals surface area contributed by atoms with Gasteiger partial charge >= 0.3 is 0 Å². The molecule has 1 N–H and O–H groups in total. The van der Waals surface area contributed by atoms with Crippen LogP contribution in [0.5, 0.6) is 0 Å². The molecule has 1 fully saturated rings. The van der Waals surface area contributed by atoms with Crippen molar-refractivity contribution in [1.82, 2.24) is 14.9 Å². The minimum atomic E-state index is -2.31. The second kappa shape index (κ2) is 11.1. The molecule has 1 saturated heterocycles. The summed E-state index contributed by atoms with van der Waals surface area (Å²) in [5.74, 6) is 0.522.